The number of hydrogen-bond acceptors (Lipinski definition) is 3. The number of pyridine rings is 1. The molecule has 2 rings (SSSR count). The minimum absolute atomic E-state index is 0.267. The van der Waals surface area contributed by atoms with E-state index in [9.17, 15) is 4.39 Å². The molecule has 1 aromatic carbocycles. The number of hydrogen-bond donors (Lipinski definition) is 2. The van der Waals surface area contributed by atoms with Gasteiger partial charge in [0, 0.05) is 11.1 Å². The van der Waals surface area contributed by atoms with E-state index < -0.39 is 0 Å². The molecule has 1 heterocycles. The summed E-state index contributed by atoms with van der Waals surface area (Å²) in [6.07, 6.45) is 0.827. The molecule has 17 heavy (non-hydrogen) atoms. The van der Waals surface area contributed by atoms with Crippen molar-refractivity contribution >= 4 is 16.6 Å². The van der Waals surface area contributed by atoms with Crippen LogP contribution in [0.1, 0.15) is 23.7 Å². The van der Waals surface area contributed by atoms with Gasteiger partial charge in [0.15, 0.2) is 0 Å². The van der Waals surface area contributed by atoms with Gasteiger partial charge in [-0.2, -0.15) is 0 Å². The van der Waals surface area contributed by atoms with E-state index in [0.29, 0.717) is 0 Å². The number of nitrogens with two attached hydrogens (primary N) is 1. The van der Waals surface area contributed by atoms with Gasteiger partial charge >= 0.3 is 0 Å². The largest absolute Gasteiger partial charge is 0.323 e. The van der Waals surface area contributed by atoms with Crippen LogP contribution in [0.25, 0.3) is 10.9 Å². The van der Waals surface area contributed by atoms with E-state index >= 15 is 0 Å². The van der Waals surface area contributed by atoms with Crippen molar-refractivity contribution in [3.63, 3.8) is 0 Å². The number of nitrogen functional groups attached to an aromatic ring is 1. The molecule has 0 saturated heterocycles. The Labute approximate surface area is 99.8 Å². The number of aromatic nitrogens is 1. The van der Waals surface area contributed by atoms with Crippen LogP contribution in [0.2, 0.25) is 0 Å². The van der Waals surface area contributed by atoms with Crippen molar-refractivity contribution in [2.75, 3.05) is 5.43 Å². The molecule has 0 fully saturated rings. The maximum absolute atomic E-state index is 13.4. The van der Waals surface area contributed by atoms with Crippen molar-refractivity contribution in [2.45, 2.75) is 27.2 Å². The standard InChI is InChI=1S/C13H16FN3/c1-4-11-8(3)13(17-15)10-6-9(14)5-7(2)12(10)16-11/h5-6H,4,15H2,1-3H3,(H,16,17). The predicted molar refractivity (Wildman–Crippen MR) is 68.4 cm³/mol. The zero-order valence-electron chi connectivity index (χ0n) is 10.3. The van der Waals surface area contributed by atoms with Crippen molar-refractivity contribution in [1.82, 2.24) is 4.98 Å². The molecular weight excluding hydrogens is 217 g/mol. The fourth-order valence-electron chi connectivity index (χ4n) is 2.17. The van der Waals surface area contributed by atoms with Crippen LogP contribution in [0.5, 0.6) is 0 Å². The first-order valence-corrected chi connectivity index (χ1v) is 5.64. The Kier molecular flexibility index (Phi) is 2.98. The number of aryl methyl sites for hydroxylation is 2. The number of benzene rings is 1. The van der Waals surface area contributed by atoms with E-state index in [0.717, 1.165) is 39.8 Å². The molecule has 2 aromatic rings. The Balaban J connectivity index is 2.92. The Morgan fingerprint density at radius 1 is 1.35 bits per heavy atom. The van der Waals surface area contributed by atoms with Crippen LogP contribution in [-0.4, -0.2) is 4.98 Å². The minimum Gasteiger partial charge on any atom is -0.323 e. The summed E-state index contributed by atoms with van der Waals surface area (Å²) >= 11 is 0. The van der Waals surface area contributed by atoms with Crippen molar-refractivity contribution in [3.05, 3.63) is 34.8 Å². The van der Waals surface area contributed by atoms with Crippen LogP contribution >= 0.6 is 0 Å². The number of fused-ring (bicyclic) bond motifs is 1. The summed E-state index contributed by atoms with van der Waals surface area (Å²) < 4.78 is 13.4. The molecule has 0 bridgehead atoms. The van der Waals surface area contributed by atoms with Crippen LogP contribution in [0.3, 0.4) is 0 Å². The monoisotopic (exact) mass is 233 g/mol. The molecule has 3 nitrogen and oxygen atoms in total. The molecule has 0 unspecified atom stereocenters. The van der Waals surface area contributed by atoms with E-state index in [4.69, 9.17) is 5.84 Å². The van der Waals surface area contributed by atoms with Crippen LogP contribution in [0.4, 0.5) is 10.1 Å². The maximum atomic E-state index is 13.4. The SMILES string of the molecule is CCc1nc2c(C)cc(F)cc2c(NN)c1C. The van der Waals surface area contributed by atoms with Crippen LogP contribution < -0.4 is 11.3 Å². The number of nitrogens with zero attached hydrogens (tertiary/aromatic N) is 1. The van der Waals surface area contributed by atoms with Gasteiger partial charge in [-0.05, 0) is 43.5 Å². The summed E-state index contributed by atoms with van der Waals surface area (Å²) in [5.74, 6) is 5.27. The average Bonchev–Trinajstić information content (AvgIpc) is 2.28. The molecule has 1 aromatic heterocycles. The van der Waals surface area contributed by atoms with Gasteiger partial charge in [0.1, 0.15) is 5.82 Å². The van der Waals surface area contributed by atoms with Gasteiger partial charge in [-0.15, -0.1) is 0 Å². The summed E-state index contributed by atoms with van der Waals surface area (Å²) in [5, 5.41) is 0.736. The normalized spacial score (nSPS) is 10.9. The fraction of sp³-hybridized carbons (Fsp3) is 0.308. The topological polar surface area (TPSA) is 50.9 Å². The molecule has 0 aliphatic rings. The molecule has 3 N–H and O–H groups in total. The molecule has 0 aliphatic heterocycles. The van der Waals surface area contributed by atoms with Gasteiger partial charge in [-0.1, -0.05) is 6.92 Å². The Morgan fingerprint density at radius 2 is 2.06 bits per heavy atom. The predicted octanol–water partition coefficient (Wildman–Crippen LogP) is 2.84. The molecule has 0 saturated carbocycles. The minimum atomic E-state index is -0.267. The van der Waals surface area contributed by atoms with Gasteiger partial charge in [0.05, 0.1) is 11.2 Å². The molecule has 0 atom stereocenters. The molecule has 0 spiro atoms. The van der Waals surface area contributed by atoms with Crippen LogP contribution in [0, 0.1) is 19.7 Å². The van der Waals surface area contributed by atoms with Gasteiger partial charge in [-0.25, -0.2) is 4.39 Å². The molecule has 4 heteroatoms. The van der Waals surface area contributed by atoms with Crippen molar-refractivity contribution in [1.29, 1.82) is 0 Å². The average molecular weight is 233 g/mol. The second kappa shape index (κ2) is 4.30. The first-order chi connectivity index (χ1) is 8.08. The van der Waals surface area contributed by atoms with Gasteiger partial charge in [0.25, 0.3) is 0 Å². The summed E-state index contributed by atoms with van der Waals surface area (Å²) in [6.45, 7) is 5.84. The van der Waals surface area contributed by atoms with Crippen molar-refractivity contribution in [2.24, 2.45) is 5.84 Å². The zero-order valence-corrected chi connectivity index (χ0v) is 10.3. The lowest BCUT2D eigenvalue weighted by Crippen LogP contribution is -2.11. The molecule has 0 amide bonds. The zero-order chi connectivity index (χ0) is 12.6. The summed E-state index contributed by atoms with van der Waals surface area (Å²) in [5.41, 5.74) is 7.02. The quantitative estimate of drug-likeness (QED) is 0.619. The third-order valence-corrected chi connectivity index (χ3v) is 3.07. The molecule has 0 aliphatic carbocycles. The number of rotatable bonds is 2. The van der Waals surface area contributed by atoms with E-state index in [2.05, 4.69) is 10.4 Å². The third kappa shape index (κ3) is 1.85. The van der Waals surface area contributed by atoms with E-state index in [1.165, 1.54) is 12.1 Å². The first kappa shape index (κ1) is 11.8. The Bertz CT molecular complexity index is 579. The highest BCUT2D eigenvalue weighted by atomic mass is 19.1. The lowest BCUT2D eigenvalue weighted by atomic mass is 10.0. The Hall–Kier alpha value is -1.68. The van der Waals surface area contributed by atoms with Gasteiger partial charge in [-0.3, -0.25) is 10.8 Å². The molecule has 0 radical (unpaired) electrons. The van der Waals surface area contributed by atoms with Crippen molar-refractivity contribution < 1.29 is 4.39 Å². The highest BCUT2D eigenvalue weighted by Crippen LogP contribution is 2.30. The number of anilines is 1. The summed E-state index contributed by atoms with van der Waals surface area (Å²) in [7, 11) is 0. The smallest absolute Gasteiger partial charge is 0.124 e. The van der Waals surface area contributed by atoms with E-state index in [-0.39, 0.29) is 5.82 Å². The summed E-state index contributed by atoms with van der Waals surface area (Å²) in [4.78, 5) is 4.58. The first-order valence-electron chi connectivity index (χ1n) is 5.64. The molecular formula is C13H16FN3. The number of hydrazine groups is 1. The van der Waals surface area contributed by atoms with E-state index in [1.807, 2.05) is 20.8 Å². The Morgan fingerprint density at radius 3 is 2.65 bits per heavy atom. The lowest BCUT2D eigenvalue weighted by molar-refractivity contribution is 0.628. The van der Waals surface area contributed by atoms with Gasteiger partial charge < -0.3 is 5.43 Å². The molecule has 90 valence electrons. The fourth-order valence-corrected chi connectivity index (χ4v) is 2.17. The maximum Gasteiger partial charge on any atom is 0.124 e. The lowest BCUT2D eigenvalue weighted by Gasteiger charge is -2.14. The van der Waals surface area contributed by atoms with Crippen molar-refractivity contribution in [3.8, 4) is 0 Å². The highest BCUT2D eigenvalue weighted by Gasteiger charge is 2.12. The third-order valence-electron chi connectivity index (χ3n) is 3.07. The number of nitrogens with one attached hydrogen (secondary N) is 1. The number of halogens is 1. The second-order valence-corrected chi connectivity index (χ2v) is 4.18. The van der Waals surface area contributed by atoms with E-state index in [1.54, 1.807) is 0 Å². The van der Waals surface area contributed by atoms with Crippen LogP contribution in [-0.2, 0) is 6.42 Å². The van der Waals surface area contributed by atoms with Gasteiger partial charge in [0.2, 0.25) is 0 Å². The van der Waals surface area contributed by atoms with Crippen LogP contribution in [0.15, 0.2) is 12.1 Å². The summed E-state index contributed by atoms with van der Waals surface area (Å²) in [6, 6.07) is 2.96. The second-order valence-electron chi connectivity index (χ2n) is 4.18. The highest BCUT2D eigenvalue weighted by molar-refractivity contribution is 5.95.